The molecule has 0 spiro atoms. The number of rotatable bonds is 3. The molecule has 4 N–H and O–H groups in total. The minimum absolute atomic E-state index is 0.00198. The molecule has 0 aliphatic carbocycles. The van der Waals surface area contributed by atoms with Crippen LogP contribution in [-0.4, -0.2) is 20.2 Å². The highest BCUT2D eigenvalue weighted by Crippen LogP contribution is 2.36. The zero-order valence-electron chi connectivity index (χ0n) is 9.07. The molecule has 5 heteroatoms. The maximum Gasteiger partial charge on any atom is 0.191 e. The van der Waals surface area contributed by atoms with Crippen LogP contribution in [0.4, 0.5) is 5.69 Å². The van der Waals surface area contributed by atoms with Gasteiger partial charge in [-0.15, -0.1) is 0 Å². The maximum atomic E-state index is 5.31. The molecule has 0 fully saturated rings. The van der Waals surface area contributed by atoms with Crippen LogP contribution in [-0.2, 0) is 0 Å². The van der Waals surface area contributed by atoms with Crippen LogP contribution in [0.5, 0.6) is 11.5 Å². The van der Waals surface area contributed by atoms with Crippen LogP contribution < -0.4 is 20.9 Å². The average Bonchev–Trinajstić information content (AvgIpc) is 2.18. The summed E-state index contributed by atoms with van der Waals surface area (Å²) in [6.45, 7) is 1.88. The Morgan fingerprint density at radius 3 is 2.33 bits per heavy atom. The van der Waals surface area contributed by atoms with Crippen molar-refractivity contribution >= 4 is 11.6 Å². The monoisotopic (exact) mass is 209 g/mol. The fourth-order valence-electron chi connectivity index (χ4n) is 1.37. The van der Waals surface area contributed by atoms with E-state index in [9.17, 15) is 0 Å². The summed E-state index contributed by atoms with van der Waals surface area (Å²) in [5.41, 5.74) is 12.1. The Morgan fingerprint density at radius 1 is 1.20 bits per heavy atom. The van der Waals surface area contributed by atoms with Gasteiger partial charge in [0.25, 0.3) is 0 Å². The second kappa shape index (κ2) is 4.54. The number of ether oxygens (including phenoxy) is 2. The average molecular weight is 209 g/mol. The summed E-state index contributed by atoms with van der Waals surface area (Å²) < 4.78 is 10.4. The van der Waals surface area contributed by atoms with E-state index in [0.717, 1.165) is 11.3 Å². The number of aliphatic imine (C=N–C) groups is 1. The second-order valence-corrected chi connectivity index (χ2v) is 2.98. The van der Waals surface area contributed by atoms with Crippen LogP contribution in [0.3, 0.4) is 0 Å². The van der Waals surface area contributed by atoms with Crippen molar-refractivity contribution in [1.82, 2.24) is 0 Å². The fourth-order valence-corrected chi connectivity index (χ4v) is 1.37. The largest absolute Gasteiger partial charge is 0.496 e. The predicted molar refractivity (Wildman–Crippen MR) is 59.8 cm³/mol. The van der Waals surface area contributed by atoms with E-state index in [0.29, 0.717) is 11.4 Å². The molecule has 5 nitrogen and oxygen atoms in total. The van der Waals surface area contributed by atoms with Gasteiger partial charge in [0.05, 0.1) is 14.2 Å². The highest BCUT2D eigenvalue weighted by atomic mass is 16.5. The van der Waals surface area contributed by atoms with E-state index in [1.54, 1.807) is 26.4 Å². The third kappa shape index (κ3) is 2.31. The highest BCUT2D eigenvalue weighted by molar-refractivity contribution is 5.80. The summed E-state index contributed by atoms with van der Waals surface area (Å²) in [5.74, 6) is 1.35. The molecule has 0 saturated heterocycles. The van der Waals surface area contributed by atoms with Crippen molar-refractivity contribution in [3.8, 4) is 11.5 Å². The SMILES string of the molecule is COc1ccc(N=C(N)N)c(OC)c1C. The molecule has 0 bridgehead atoms. The molecule has 15 heavy (non-hydrogen) atoms. The fraction of sp³-hybridized carbons (Fsp3) is 0.300. The summed E-state index contributed by atoms with van der Waals surface area (Å²) in [6.07, 6.45) is 0. The van der Waals surface area contributed by atoms with Gasteiger partial charge in [-0.1, -0.05) is 0 Å². The Morgan fingerprint density at radius 2 is 1.87 bits per heavy atom. The van der Waals surface area contributed by atoms with Gasteiger partial charge in [0.2, 0.25) is 0 Å². The molecule has 0 radical (unpaired) electrons. The van der Waals surface area contributed by atoms with E-state index in [2.05, 4.69) is 4.99 Å². The van der Waals surface area contributed by atoms with E-state index in [-0.39, 0.29) is 5.96 Å². The normalized spacial score (nSPS) is 9.53. The first-order valence-electron chi connectivity index (χ1n) is 4.41. The first-order chi connectivity index (χ1) is 7.10. The number of hydrogen-bond donors (Lipinski definition) is 2. The molecule has 1 aromatic carbocycles. The summed E-state index contributed by atoms with van der Waals surface area (Å²) in [7, 11) is 3.16. The van der Waals surface area contributed by atoms with Crippen molar-refractivity contribution < 1.29 is 9.47 Å². The molecule has 82 valence electrons. The number of benzene rings is 1. The van der Waals surface area contributed by atoms with Crippen molar-refractivity contribution in [2.45, 2.75) is 6.92 Å². The minimum atomic E-state index is -0.00198. The summed E-state index contributed by atoms with van der Waals surface area (Å²) in [5, 5.41) is 0. The Bertz CT molecular complexity index is 384. The van der Waals surface area contributed by atoms with E-state index < -0.39 is 0 Å². The lowest BCUT2D eigenvalue weighted by Gasteiger charge is -2.11. The van der Waals surface area contributed by atoms with E-state index in [1.807, 2.05) is 6.92 Å². The van der Waals surface area contributed by atoms with Crippen LogP contribution >= 0.6 is 0 Å². The molecule has 1 aromatic rings. The van der Waals surface area contributed by atoms with E-state index in [4.69, 9.17) is 20.9 Å². The molecule has 1 rings (SSSR count). The molecule has 0 aliphatic rings. The molecule has 0 atom stereocenters. The van der Waals surface area contributed by atoms with Crippen LogP contribution in [0, 0.1) is 6.92 Å². The molecule has 0 amide bonds. The van der Waals surface area contributed by atoms with Crippen LogP contribution in [0.1, 0.15) is 5.56 Å². The van der Waals surface area contributed by atoms with Gasteiger partial charge >= 0.3 is 0 Å². The van der Waals surface area contributed by atoms with Crippen molar-refractivity contribution in [1.29, 1.82) is 0 Å². The lowest BCUT2D eigenvalue weighted by molar-refractivity contribution is 0.389. The van der Waals surface area contributed by atoms with Crippen molar-refractivity contribution in [2.24, 2.45) is 16.5 Å². The van der Waals surface area contributed by atoms with Crippen LogP contribution in [0.2, 0.25) is 0 Å². The number of guanidine groups is 1. The first-order valence-corrected chi connectivity index (χ1v) is 4.41. The lowest BCUT2D eigenvalue weighted by atomic mass is 10.1. The second-order valence-electron chi connectivity index (χ2n) is 2.98. The molecule has 0 saturated carbocycles. The van der Waals surface area contributed by atoms with Gasteiger partial charge in [-0.05, 0) is 19.1 Å². The number of hydrogen-bond acceptors (Lipinski definition) is 3. The Balaban J connectivity index is 3.31. The number of nitrogens with zero attached hydrogens (tertiary/aromatic N) is 1. The minimum Gasteiger partial charge on any atom is -0.496 e. The Hall–Kier alpha value is -1.91. The quantitative estimate of drug-likeness (QED) is 0.572. The smallest absolute Gasteiger partial charge is 0.191 e. The van der Waals surface area contributed by atoms with Crippen molar-refractivity contribution in [3.05, 3.63) is 17.7 Å². The van der Waals surface area contributed by atoms with Gasteiger partial charge < -0.3 is 20.9 Å². The standard InChI is InChI=1S/C10H15N3O2/c1-6-8(14-2)5-4-7(9(6)15-3)13-10(11)12/h4-5H,1-3H3,(H4,11,12,13). The van der Waals surface area contributed by atoms with Gasteiger partial charge in [-0.2, -0.15) is 0 Å². The summed E-state index contributed by atoms with van der Waals surface area (Å²) in [6, 6.07) is 3.53. The zero-order chi connectivity index (χ0) is 11.4. The third-order valence-corrected chi connectivity index (χ3v) is 2.01. The van der Waals surface area contributed by atoms with Crippen molar-refractivity contribution in [3.63, 3.8) is 0 Å². The molecular weight excluding hydrogens is 194 g/mol. The van der Waals surface area contributed by atoms with Gasteiger partial charge in [0, 0.05) is 5.56 Å². The summed E-state index contributed by atoms with van der Waals surface area (Å²) >= 11 is 0. The van der Waals surface area contributed by atoms with Gasteiger partial charge in [-0.3, -0.25) is 0 Å². The van der Waals surface area contributed by atoms with E-state index in [1.165, 1.54) is 0 Å². The van der Waals surface area contributed by atoms with Gasteiger partial charge in [0.1, 0.15) is 11.4 Å². The molecule has 0 aromatic heterocycles. The number of nitrogens with two attached hydrogens (primary N) is 2. The topological polar surface area (TPSA) is 82.9 Å². The van der Waals surface area contributed by atoms with Gasteiger partial charge in [-0.25, -0.2) is 4.99 Å². The van der Waals surface area contributed by atoms with Crippen LogP contribution in [0.25, 0.3) is 0 Å². The Kier molecular flexibility index (Phi) is 3.38. The number of methoxy groups -OCH3 is 2. The molecular formula is C10H15N3O2. The predicted octanol–water partition coefficient (Wildman–Crippen LogP) is 0.917. The zero-order valence-corrected chi connectivity index (χ0v) is 9.07. The Labute approximate surface area is 88.7 Å². The highest BCUT2D eigenvalue weighted by Gasteiger charge is 2.10. The summed E-state index contributed by atoms with van der Waals surface area (Å²) in [4.78, 5) is 3.96. The van der Waals surface area contributed by atoms with E-state index >= 15 is 0 Å². The maximum absolute atomic E-state index is 5.31. The molecule has 0 aliphatic heterocycles. The van der Waals surface area contributed by atoms with Crippen molar-refractivity contribution in [2.75, 3.05) is 14.2 Å². The molecule has 0 unspecified atom stereocenters. The van der Waals surface area contributed by atoms with Crippen LogP contribution in [0.15, 0.2) is 17.1 Å². The lowest BCUT2D eigenvalue weighted by Crippen LogP contribution is -2.22. The molecule has 0 heterocycles. The third-order valence-electron chi connectivity index (χ3n) is 2.01. The van der Waals surface area contributed by atoms with Gasteiger partial charge in [0.15, 0.2) is 11.7 Å². The first kappa shape index (κ1) is 11.2.